The molecule has 1 atom stereocenters. The molecule has 0 saturated heterocycles. The van der Waals surface area contributed by atoms with E-state index in [2.05, 4.69) is 18.6 Å². The van der Waals surface area contributed by atoms with Gasteiger partial charge in [0.1, 0.15) is 6.61 Å². The van der Waals surface area contributed by atoms with E-state index in [1.165, 1.54) is 32.1 Å². The second-order valence-corrected chi connectivity index (χ2v) is 4.98. The summed E-state index contributed by atoms with van der Waals surface area (Å²) in [6.45, 7) is 5.18. The molecule has 1 unspecified atom stereocenters. The molecule has 0 amide bonds. The molecule has 0 aliphatic carbocycles. The van der Waals surface area contributed by atoms with Gasteiger partial charge in [-0.1, -0.05) is 58.8 Å². The Balaban J connectivity index is 3.67. The van der Waals surface area contributed by atoms with Crippen LogP contribution in [-0.2, 0) is 9.47 Å². The fourth-order valence-corrected chi connectivity index (χ4v) is 1.93. The van der Waals surface area contributed by atoms with E-state index in [-0.39, 0.29) is 12.7 Å². The van der Waals surface area contributed by atoms with E-state index in [0.717, 1.165) is 25.7 Å². The zero-order valence-corrected chi connectivity index (χ0v) is 12.5. The first kappa shape index (κ1) is 18.2. The van der Waals surface area contributed by atoms with Crippen molar-refractivity contribution in [1.82, 2.24) is 0 Å². The summed E-state index contributed by atoms with van der Waals surface area (Å²) in [5, 5.41) is 8.52. The van der Waals surface area contributed by atoms with Crippen molar-refractivity contribution in [3.05, 3.63) is 0 Å². The normalized spacial score (nSPS) is 12.3. The van der Waals surface area contributed by atoms with Crippen LogP contribution < -0.4 is 0 Å². The third-order valence-electron chi connectivity index (χ3n) is 3.12. The minimum Gasteiger partial charge on any atom is -0.450 e. The molecule has 4 heteroatoms. The van der Waals surface area contributed by atoms with Gasteiger partial charge in [-0.3, -0.25) is 0 Å². The van der Waals surface area contributed by atoms with Gasteiger partial charge in [-0.2, -0.15) is 0 Å². The number of hydrogen-bond donors (Lipinski definition) is 1. The first-order valence-corrected chi connectivity index (χ1v) is 7.68. The van der Waals surface area contributed by atoms with Crippen LogP contribution in [0.5, 0.6) is 0 Å². The zero-order chi connectivity index (χ0) is 14.3. The minimum absolute atomic E-state index is 0.0752. The molecule has 0 aromatic heterocycles. The maximum atomic E-state index is 10.4. The lowest BCUT2D eigenvalue weighted by molar-refractivity contribution is -0.0129. The van der Waals surface area contributed by atoms with Crippen molar-refractivity contribution in [3.8, 4) is 0 Å². The summed E-state index contributed by atoms with van der Waals surface area (Å²) in [7, 11) is 0. The summed E-state index contributed by atoms with van der Waals surface area (Å²) in [5.74, 6) is 0. The summed E-state index contributed by atoms with van der Waals surface area (Å²) in [4.78, 5) is 10.4. The van der Waals surface area contributed by atoms with E-state index in [9.17, 15) is 4.79 Å². The first-order chi connectivity index (χ1) is 9.20. The van der Waals surface area contributed by atoms with Crippen LogP contribution in [-0.4, -0.2) is 30.6 Å². The maximum Gasteiger partial charge on any atom is 0.505 e. The molecule has 0 aliphatic heterocycles. The van der Waals surface area contributed by atoms with Gasteiger partial charge in [0.15, 0.2) is 0 Å². The van der Waals surface area contributed by atoms with Crippen LogP contribution in [0, 0.1) is 0 Å². The quantitative estimate of drug-likeness (QED) is 0.393. The molecule has 0 saturated carbocycles. The highest BCUT2D eigenvalue weighted by molar-refractivity contribution is 5.56. The average molecular weight is 274 g/mol. The maximum absolute atomic E-state index is 10.4. The molecule has 1 N–H and O–H groups in total. The third-order valence-corrected chi connectivity index (χ3v) is 3.12. The van der Waals surface area contributed by atoms with E-state index >= 15 is 0 Å². The van der Waals surface area contributed by atoms with E-state index in [0.29, 0.717) is 6.61 Å². The van der Waals surface area contributed by atoms with Gasteiger partial charge in [0.25, 0.3) is 0 Å². The standard InChI is InChI=1S/C15H30O4/c1-3-5-7-8-9-10-11-14(13-19-15(16)17)18-12-6-4-2/h14H,3-13H2,1-2H3,(H,16,17). The van der Waals surface area contributed by atoms with Crippen LogP contribution in [0.15, 0.2) is 0 Å². The average Bonchev–Trinajstić information content (AvgIpc) is 2.39. The van der Waals surface area contributed by atoms with Crippen molar-refractivity contribution < 1.29 is 19.4 Å². The zero-order valence-electron chi connectivity index (χ0n) is 12.5. The summed E-state index contributed by atoms with van der Waals surface area (Å²) in [5.41, 5.74) is 0. The monoisotopic (exact) mass is 274 g/mol. The molecule has 0 radical (unpaired) electrons. The molecule has 0 rings (SSSR count). The van der Waals surface area contributed by atoms with Crippen molar-refractivity contribution in [2.75, 3.05) is 13.2 Å². The molecule has 0 bridgehead atoms. The van der Waals surface area contributed by atoms with E-state index < -0.39 is 6.16 Å². The van der Waals surface area contributed by atoms with Crippen molar-refractivity contribution in [3.63, 3.8) is 0 Å². The van der Waals surface area contributed by atoms with Crippen molar-refractivity contribution >= 4 is 6.16 Å². The molecule has 0 aromatic carbocycles. The van der Waals surface area contributed by atoms with Crippen LogP contribution in [0.25, 0.3) is 0 Å². The van der Waals surface area contributed by atoms with Gasteiger partial charge in [0, 0.05) is 6.61 Å². The van der Waals surface area contributed by atoms with Crippen molar-refractivity contribution in [2.45, 2.75) is 77.7 Å². The predicted molar refractivity (Wildman–Crippen MR) is 76.6 cm³/mol. The topological polar surface area (TPSA) is 55.8 Å². The van der Waals surface area contributed by atoms with Gasteiger partial charge in [-0.15, -0.1) is 0 Å². The van der Waals surface area contributed by atoms with Crippen LogP contribution in [0.4, 0.5) is 4.79 Å². The lowest BCUT2D eigenvalue weighted by atomic mass is 10.1. The Bertz CT molecular complexity index is 206. The highest BCUT2D eigenvalue weighted by Gasteiger charge is 2.11. The molecule has 0 spiro atoms. The second-order valence-electron chi connectivity index (χ2n) is 4.98. The van der Waals surface area contributed by atoms with Gasteiger partial charge < -0.3 is 14.6 Å². The number of carboxylic acid groups (broad SMARTS) is 1. The lowest BCUT2D eigenvalue weighted by Gasteiger charge is -2.17. The van der Waals surface area contributed by atoms with Crippen LogP contribution in [0.2, 0.25) is 0 Å². The third kappa shape index (κ3) is 13.5. The molecular weight excluding hydrogens is 244 g/mol. The molecule has 19 heavy (non-hydrogen) atoms. The lowest BCUT2D eigenvalue weighted by Crippen LogP contribution is -2.22. The van der Waals surface area contributed by atoms with Crippen LogP contribution in [0.3, 0.4) is 0 Å². The molecular formula is C15H30O4. The van der Waals surface area contributed by atoms with Crippen molar-refractivity contribution in [1.29, 1.82) is 0 Å². The molecule has 0 aliphatic rings. The number of rotatable bonds is 13. The Labute approximate surface area is 117 Å². The fourth-order valence-electron chi connectivity index (χ4n) is 1.93. The molecule has 0 aromatic rings. The number of hydrogen-bond acceptors (Lipinski definition) is 3. The van der Waals surface area contributed by atoms with Crippen LogP contribution >= 0.6 is 0 Å². The first-order valence-electron chi connectivity index (χ1n) is 7.68. The molecule has 0 fully saturated rings. The summed E-state index contributed by atoms with van der Waals surface area (Å²) >= 11 is 0. The van der Waals surface area contributed by atoms with E-state index in [1.807, 2.05) is 0 Å². The molecule has 0 heterocycles. The molecule has 114 valence electrons. The predicted octanol–water partition coefficient (Wildman–Crippen LogP) is 4.62. The Hall–Kier alpha value is -0.770. The van der Waals surface area contributed by atoms with Gasteiger partial charge in [0.05, 0.1) is 6.10 Å². The summed E-state index contributed by atoms with van der Waals surface area (Å²) in [6, 6.07) is 0. The molecule has 4 nitrogen and oxygen atoms in total. The minimum atomic E-state index is -1.22. The highest BCUT2D eigenvalue weighted by Crippen LogP contribution is 2.11. The Morgan fingerprint density at radius 1 is 1.00 bits per heavy atom. The Morgan fingerprint density at radius 2 is 1.63 bits per heavy atom. The van der Waals surface area contributed by atoms with E-state index in [4.69, 9.17) is 9.84 Å². The second kappa shape index (κ2) is 13.7. The Morgan fingerprint density at radius 3 is 2.26 bits per heavy atom. The smallest absolute Gasteiger partial charge is 0.450 e. The van der Waals surface area contributed by atoms with Crippen LogP contribution in [0.1, 0.15) is 71.6 Å². The SMILES string of the molecule is CCCCCCCCC(COC(=O)O)OCCCC. The van der Waals surface area contributed by atoms with Gasteiger partial charge in [-0.05, 0) is 12.8 Å². The fraction of sp³-hybridized carbons (Fsp3) is 0.933. The van der Waals surface area contributed by atoms with Gasteiger partial charge >= 0.3 is 6.16 Å². The number of ether oxygens (including phenoxy) is 2. The number of carbonyl (C=O) groups is 1. The number of unbranched alkanes of at least 4 members (excludes halogenated alkanes) is 6. The summed E-state index contributed by atoms with van der Waals surface area (Å²) in [6.07, 6.45) is 9.10. The van der Waals surface area contributed by atoms with Gasteiger partial charge in [0.2, 0.25) is 0 Å². The van der Waals surface area contributed by atoms with Crippen molar-refractivity contribution in [2.24, 2.45) is 0 Å². The highest BCUT2D eigenvalue weighted by atomic mass is 16.7. The summed E-state index contributed by atoms with van der Waals surface area (Å²) < 4.78 is 10.3. The van der Waals surface area contributed by atoms with E-state index in [1.54, 1.807) is 0 Å². The Kier molecular flexibility index (Phi) is 13.1. The van der Waals surface area contributed by atoms with Gasteiger partial charge in [-0.25, -0.2) is 4.79 Å². The largest absolute Gasteiger partial charge is 0.505 e.